The molecule has 2 rings (SSSR count). The fraction of sp³-hybridized carbons (Fsp3) is 0.412. The van der Waals surface area contributed by atoms with Crippen molar-refractivity contribution in [3.8, 4) is 6.07 Å². The lowest BCUT2D eigenvalue weighted by Gasteiger charge is -2.26. The fourth-order valence-electron chi connectivity index (χ4n) is 2.44. The first-order valence-electron chi connectivity index (χ1n) is 7.55. The maximum Gasteiger partial charge on any atom is 0.266 e. The fourth-order valence-corrected chi connectivity index (χ4v) is 2.44. The van der Waals surface area contributed by atoms with Crippen LogP contribution in [0, 0.1) is 11.3 Å². The SMILES string of the molecule is CN(C)c1cccc(N/C=C(/C#N)C(=O)N2CCCCC2)c1. The lowest BCUT2D eigenvalue weighted by molar-refractivity contribution is -0.127. The number of piperidine rings is 1. The van der Waals surface area contributed by atoms with E-state index in [1.54, 1.807) is 4.90 Å². The molecule has 0 bridgehead atoms. The lowest BCUT2D eigenvalue weighted by Crippen LogP contribution is -2.36. The molecule has 5 nitrogen and oxygen atoms in total. The number of nitriles is 1. The molecule has 1 amide bonds. The first-order valence-corrected chi connectivity index (χ1v) is 7.55. The van der Waals surface area contributed by atoms with Gasteiger partial charge in [-0.15, -0.1) is 0 Å². The van der Waals surface area contributed by atoms with Crippen molar-refractivity contribution >= 4 is 17.3 Å². The Bertz CT molecular complexity index is 595. The van der Waals surface area contributed by atoms with Gasteiger partial charge in [0.25, 0.3) is 5.91 Å². The standard InChI is InChI=1S/C17H22N4O/c1-20(2)16-8-6-7-15(11-16)19-13-14(12-18)17(22)21-9-4-3-5-10-21/h6-8,11,13,19H,3-5,9-10H2,1-2H3/b14-13-. The van der Waals surface area contributed by atoms with Crippen LogP contribution >= 0.6 is 0 Å². The molecule has 0 unspecified atom stereocenters. The number of benzene rings is 1. The van der Waals surface area contributed by atoms with Gasteiger partial charge in [0.2, 0.25) is 0 Å². The predicted molar refractivity (Wildman–Crippen MR) is 88.5 cm³/mol. The van der Waals surface area contributed by atoms with Crippen LogP contribution in [0.2, 0.25) is 0 Å². The normalized spacial score (nSPS) is 15.1. The molecular weight excluding hydrogens is 276 g/mol. The summed E-state index contributed by atoms with van der Waals surface area (Å²) in [7, 11) is 3.94. The largest absolute Gasteiger partial charge is 0.378 e. The maximum atomic E-state index is 12.3. The predicted octanol–water partition coefficient (Wildman–Crippen LogP) is 2.58. The van der Waals surface area contributed by atoms with Crippen molar-refractivity contribution in [2.45, 2.75) is 19.3 Å². The van der Waals surface area contributed by atoms with Crippen molar-refractivity contribution in [2.75, 3.05) is 37.4 Å². The summed E-state index contributed by atoms with van der Waals surface area (Å²) in [5.41, 5.74) is 2.06. The van der Waals surface area contributed by atoms with Gasteiger partial charge >= 0.3 is 0 Å². The van der Waals surface area contributed by atoms with Gasteiger partial charge in [-0.1, -0.05) is 6.07 Å². The van der Waals surface area contributed by atoms with Crippen LogP contribution in [0.3, 0.4) is 0 Å². The molecule has 1 heterocycles. The van der Waals surface area contributed by atoms with Gasteiger partial charge < -0.3 is 15.1 Å². The molecule has 5 heteroatoms. The van der Waals surface area contributed by atoms with Crippen molar-refractivity contribution in [1.29, 1.82) is 5.26 Å². The zero-order valence-corrected chi connectivity index (χ0v) is 13.2. The van der Waals surface area contributed by atoms with Gasteiger partial charge in [-0.3, -0.25) is 4.79 Å². The molecule has 1 fully saturated rings. The van der Waals surface area contributed by atoms with E-state index in [4.69, 9.17) is 0 Å². The van der Waals surface area contributed by atoms with Crippen LogP contribution in [-0.2, 0) is 4.79 Å². The van der Waals surface area contributed by atoms with Crippen molar-refractivity contribution in [1.82, 2.24) is 4.90 Å². The Balaban J connectivity index is 2.07. The Morgan fingerprint density at radius 3 is 2.68 bits per heavy atom. The smallest absolute Gasteiger partial charge is 0.266 e. The lowest BCUT2D eigenvalue weighted by atomic mass is 10.1. The number of hydrogen-bond donors (Lipinski definition) is 1. The van der Waals surface area contributed by atoms with Gasteiger partial charge in [0.05, 0.1) is 0 Å². The minimum Gasteiger partial charge on any atom is -0.378 e. The second-order valence-electron chi connectivity index (χ2n) is 5.61. The molecule has 0 atom stereocenters. The van der Waals surface area contributed by atoms with E-state index >= 15 is 0 Å². The van der Waals surface area contributed by atoms with Crippen molar-refractivity contribution in [3.05, 3.63) is 36.0 Å². The summed E-state index contributed by atoms with van der Waals surface area (Å²) in [6, 6.07) is 9.81. The molecule has 1 aromatic carbocycles. The van der Waals surface area contributed by atoms with Crippen molar-refractivity contribution in [3.63, 3.8) is 0 Å². The molecule has 116 valence electrons. The monoisotopic (exact) mass is 298 g/mol. The number of anilines is 2. The highest BCUT2D eigenvalue weighted by molar-refractivity contribution is 5.97. The third kappa shape index (κ3) is 4.01. The van der Waals surface area contributed by atoms with Crippen LogP contribution < -0.4 is 10.2 Å². The molecular formula is C17H22N4O. The number of rotatable bonds is 4. The molecule has 0 aliphatic carbocycles. The van der Waals surface area contributed by atoms with Gasteiger partial charge in [0.15, 0.2) is 0 Å². The van der Waals surface area contributed by atoms with Crippen LogP contribution in [0.5, 0.6) is 0 Å². The number of nitrogens with one attached hydrogen (secondary N) is 1. The zero-order chi connectivity index (χ0) is 15.9. The van der Waals surface area contributed by atoms with Crippen molar-refractivity contribution in [2.24, 2.45) is 0 Å². The summed E-state index contributed by atoms with van der Waals surface area (Å²) >= 11 is 0. The Hall–Kier alpha value is -2.48. The number of nitrogens with zero attached hydrogens (tertiary/aromatic N) is 3. The number of amides is 1. The number of hydrogen-bond acceptors (Lipinski definition) is 4. The molecule has 1 N–H and O–H groups in total. The Kier molecular flexibility index (Phi) is 5.42. The van der Waals surface area contributed by atoms with E-state index in [9.17, 15) is 10.1 Å². The second-order valence-corrected chi connectivity index (χ2v) is 5.61. The third-order valence-electron chi connectivity index (χ3n) is 3.74. The molecule has 22 heavy (non-hydrogen) atoms. The Labute approximate surface area is 131 Å². The molecule has 0 saturated carbocycles. The van der Waals surface area contributed by atoms with Gasteiger partial charge in [-0.25, -0.2) is 0 Å². The van der Waals surface area contributed by atoms with Crippen LogP contribution in [0.15, 0.2) is 36.0 Å². The molecule has 1 aliphatic rings. The minimum atomic E-state index is -0.182. The topological polar surface area (TPSA) is 59.4 Å². The van der Waals surface area contributed by atoms with Gasteiger partial charge in [-0.05, 0) is 37.5 Å². The van der Waals surface area contributed by atoms with Gasteiger partial charge in [0.1, 0.15) is 11.6 Å². The van der Waals surface area contributed by atoms with E-state index in [1.807, 2.05) is 49.3 Å². The highest BCUT2D eigenvalue weighted by Gasteiger charge is 2.20. The van der Waals surface area contributed by atoms with Crippen LogP contribution in [0.4, 0.5) is 11.4 Å². The van der Waals surface area contributed by atoms with E-state index in [0.717, 1.165) is 43.7 Å². The van der Waals surface area contributed by atoms with Crippen LogP contribution in [0.25, 0.3) is 0 Å². The Morgan fingerprint density at radius 1 is 1.32 bits per heavy atom. The first kappa shape index (κ1) is 15.9. The molecule has 1 saturated heterocycles. The second kappa shape index (κ2) is 7.51. The molecule has 1 aromatic rings. The quantitative estimate of drug-likeness (QED) is 0.685. The average Bonchev–Trinajstić information content (AvgIpc) is 2.56. The van der Waals surface area contributed by atoms with Gasteiger partial charge in [-0.2, -0.15) is 5.26 Å². The average molecular weight is 298 g/mol. The summed E-state index contributed by atoms with van der Waals surface area (Å²) in [5.74, 6) is -0.182. The summed E-state index contributed by atoms with van der Waals surface area (Å²) in [6.07, 6.45) is 4.70. The van der Waals surface area contributed by atoms with Crippen LogP contribution in [-0.4, -0.2) is 38.0 Å². The summed E-state index contributed by atoms with van der Waals surface area (Å²) < 4.78 is 0. The zero-order valence-electron chi connectivity index (χ0n) is 13.2. The summed E-state index contributed by atoms with van der Waals surface area (Å²) in [4.78, 5) is 16.1. The number of likely N-dealkylation sites (tertiary alicyclic amines) is 1. The number of carbonyl (C=O) groups is 1. The highest BCUT2D eigenvalue weighted by Crippen LogP contribution is 2.18. The third-order valence-corrected chi connectivity index (χ3v) is 3.74. The van der Waals surface area contributed by atoms with Crippen molar-refractivity contribution < 1.29 is 4.79 Å². The Morgan fingerprint density at radius 2 is 2.05 bits per heavy atom. The molecule has 0 aromatic heterocycles. The maximum absolute atomic E-state index is 12.3. The van der Waals surface area contributed by atoms with E-state index < -0.39 is 0 Å². The number of carbonyl (C=O) groups excluding carboxylic acids is 1. The minimum absolute atomic E-state index is 0.150. The molecule has 0 spiro atoms. The van der Waals surface area contributed by atoms with E-state index in [1.165, 1.54) is 6.20 Å². The van der Waals surface area contributed by atoms with E-state index in [2.05, 4.69) is 5.32 Å². The van der Waals surface area contributed by atoms with E-state index in [-0.39, 0.29) is 11.5 Å². The van der Waals surface area contributed by atoms with Gasteiger partial charge in [0, 0.05) is 44.8 Å². The summed E-state index contributed by atoms with van der Waals surface area (Å²) in [6.45, 7) is 1.49. The molecule has 0 radical (unpaired) electrons. The summed E-state index contributed by atoms with van der Waals surface area (Å²) in [5, 5.41) is 12.3. The molecule has 1 aliphatic heterocycles. The highest BCUT2D eigenvalue weighted by atomic mass is 16.2. The first-order chi connectivity index (χ1) is 10.6. The van der Waals surface area contributed by atoms with E-state index in [0.29, 0.717) is 0 Å². The van der Waals surface area contributed by atoms with Crippen LogP contribution in [0.1, 0.15) is 19.3 Å².